The van der Waals surface area contributed by atoms with Crippen LogP contribution >= 0.6 is 15.9 Å². The first-order valence-electron chi connectivity index (χ1n) is 6.70. The number of rotatable bonds is 4. The Hall–Kier alpha value is -1.43. The van der Waals surface area contributed by atoms with E-state index in [2.05, 4.69) is 28.2 Å². The van der Waals surface area contributed by atoms with Gasteiger partial charge in [-0.05, 0) is 46.7 Å². The summed E-state index contributed by atoms with van der Waals surface area (Å²) in [6.45, 7) is 2.86. The predicted molar refractivity (Wildman–Crippen MR) is 79.6 cm³/mol. The van der Waals surface area contributed by atoms with Crippen molar-refractivity contribution < 1.29 is 9.72 Å². The highest BCUT2D eigenvalue weighted by atomic mass is 79.9. The molecule has 1 amide bonds. The summed E-state index contributed by atoms with van der Waals surface area (Å²) >= 11 is 3.14. The molecule has 108 valence electrons. The molecule has 1 aliphatic carbocycles. The average Bonchev–Trinajstić information content (AvgIpc) is 2.81. The summed E-state index contributed by atoms with van der Waals surface area (Å²) in [6.07, 6.45) is 3.48. The third kappa shape index (κ3) is 3.36. The Labute approximate surface area is 126 Å². The zero-order chi connectivity index (χ0) is 14.7. The fraction of sp³-hybridized carbons (Fsp3) is 0.500. The van der Waals surface area contributed by atoms with Crippen molar-refractivity contribution in [1.82, 2.24) is 5.32 Å². The third-order valence-electron chi connectivity index (χ3n) is 3.77. The molecule has 1 aromatic rings. The van der Waals surface area contributed by atoms with Crippen LogP contribution in [-0.2, 0) is 0 Å². The van der Waals surface area contributed by atoms with Crippen molar-refractivity contribution in [3.63, 3.8) is 0 Å². The second kappa shape index (κ2) is 6.35. The van der Waals surface area contributed by atoms with Gasteiger partial charge in [0, 0.05) is 12.6 Å². The SMILES string of the molecule is CC1CCC(CNC(=O)c2cccc([N+](=O)[O-])c2Br)C1. The second-order valence-corrected chi connectivity index (χ2v) is 6.18. The van der Waals surface area contributed by atoms with E-state index in [1.54, 1.807) is 6.07 Å². The predicted octanol–water partition coefficient (Wildman–Crippen LogP) is 3.52. The van der Waals surface area contributed by atoms with Crippen LogP contribution < -0.4 is 5.32 Å². The summed E-state index contributed by atoms with van der Waals surface area (Å²) in [5.41, 5.74) is 0.220. The van der Waals surface area contributed by atoms with Crippen molar-refractivity contribution in [2.24, 2.45) is 11.8 Å². The topological polar surface area (TPSA) is 72.2 Å². The molecule has 1 aromatic carbocycles. The van der Waals surface area contributed by atoms with E-state index < -0.39 is 4.92 Å². The molecule has 0 aliphatic heterocycles. The van der Waals surface area contributed by atoms with Crippen molar-refractivity contribution in [2.45, 2.75) is 26.2 Å². The molecule has 1 N–H and O–H groups in total. The van der Waals surface area contributed by atoms with Crippen LogP contribution in [0, 0.1) is 22.0 Å². The molecule has 1 saturated carbocycles. The minimum absolute atomic E-state index is 0.0906. The summed E-state index contributed by atoms with van der Waals surface area (Å²) < 4.78 is 0.238. The number of nitro groups is 1. The molecule has 0 bridgehead atoms. The quantitative estimate of drug-likeness (QED) is 0.673. The maximum atomic E-state index is 12.1. The first-order chi connectivity index (χ1) is 9.49. The number of nitrogens with one attached hydrogen (secondary N) is 1. The normalized spacial score (nSPS) is 21.7. The lowest BCUT2D eigenvalue weighted by atomic mass is 10.1. The fourth-order valence-corrected chi connectivity index (χ4v) is 3.27. The molecule has 2 rings (SSSR count). The van der Waals surface area contributed by atoms with Crippen LogP contribution in [0.1, 0.15) is 36.5 Å². The van der Waals surface area contributed by atoms with Gasteiger partial charge in [0.25, 0.3) is 11.6 Å². The Morgan fingerprint density at radius 2 is 2.25 bits per heavy atom. The first-order valence-corrected chi connectivity index (χ1v) is 7.49. The summed E-state index contributed by atoms with van der Waals surface area (Å²) in [7, 11) is 0. The van der Waals surface area contributed by atoms with Crippen LogP contribution in [0.2, 0.25) is 0 Å². The molecule has 1 aliphatic rings. The largest absolute Gasteiger partial charge is 0.352 e. The Kier molecular flexibility index (Phi) is 4.75. The van der Waals surface area contributed by atoms with Crippen molar-refractivity contribution in [2.75, 3.05) is 6.54 Å². The van der Waals surface area contributed by atoms with Gasteiger partial charge in [0.15, 0.2) is 0 Å². The number of nitro benzene ring substituents is 1. The molecule has 0 aromatic heterocycles. The number of carbonyl (C=O) groups excluding carboxylic acids is 1. The van der Waals surface area contributed by atoms with Gasteiger partial charge in [-0.2, -0.15) is 0 Å². The zero-order valence-electron chi connectivity index (χ0n) is 11.3. The van der Waals surface area contributed by atoms with Crippen molar-refractivity contribution in [3.8, 4) is 0 Å². The fourth-order valence-electron chi connectivity index (χ4n) is 2.68. The summed E-state index contributed by atoms with van der Waals surface area (Å²) in [5, 5.41) is 13.7. The van der Waals surface area contributed by atoms with Crippen LogP contribution in [0.25, 0.3) is 0 Å². The minimum Gasteiger partial charge on any atom is -0.352 e. The van der Waals surface area contributed by atoms with Crippen LogP contribution in [0.5, 0.6) is 0 Å². The molecule has 0 heterocycles. The molecule has 5 nitrogen and oxygen atoms in total. The van der Waals surface area contributed by atoms with Gasteiger partial charge in [-0.15, -0.1) is 0 Å². The Morgan fingerprint density at radius 3 is 2.85 bits per heavy atom. The molecule has 1 fully saturated rings. The van der Waals surface area contributed by atoms with E-state index in [1.165, 1.54) is 18.6 Å². The maximum Gasteiger partial charge on any atom is 0.284 e. The first kappa shape index (κ1) is 15.0. The van der Waals surface area contributed by atoms with Crippen molar-refractivity contribution >= 4 is 27.5 Å². The van der Waals surface area contributed by atoms with Gasteiger partial charge < -0.3 is 5.32 Å². The van der Waals surface area contributed by atoms with E-state index in [-0.39, 0.29) is 16.1 Å². The van der Waals surface area contributed by atoms with E-state index in [1.807, 2.05) is 0 Å². The van der Waals surface area contributed by atoms with Gasteiger partial charge in [-0.3, -0.25) is 14.9 Å². The van der Waals surface area contributed by atoms with Gasteiger partial charge in [0.05, 0.1) is 10.5 Å². The average molecular weight is 341 g/mol. The number of halogens is 1. The van der Waals surface area contributed by atoms with Crippen molar-refractivity contribution in [3.05, 3.63) is 38.3 Å². The van der Waals surface area contributed by atoms with E-state index in [9.17, 15) is 14.9 Å². The van der Waals surface area contributed by atoms with Gasteiger partial charge in [0.1, 0.15) is 4.47 Å². The summed E-state index contributed by atoms with van der Waals surface area (Å²) in [4.78, 5) is 22.5. The van der Waals surface area contributed by atoms with E-state index >= 15 is 0 Å². The second-order valence-electron chi connectivity index (χ2n) is 5.39. The summed E-state index contributed by atoms with van der Waals surface area (Å²) in [5.74, 6) is 0.980. The lowest BCUT2D eigenvalue weighted by Gasteiger charge is -2.12. The van der Waals surface area contributed by atoms with Crippen LogP contribution in [0.15, 0.2) is 22.7 Å². The zero-order valence-corrected chi connectivity index (χ0v) is 12.9. The van der Waals surface area contributed by atoms with Gasteiger partial charge >= 0.3 is 0 Å². The summed E-state index contributed by atoms with van der Waals surface area (Å²) in [6, 6.07) is 4.48. The molecule has 2 atom stereocenters. The highest BCUT2D eigenvalue weighted by molar-refractivity contribution is 9.10. The minimum atomic E-state index is -0.500. The lowest BCUT2D eigenvalue weighted by Crippen LogP contribution is -2.28. The molecule has 0 spiro atoms. The monoisotopic (exact) mass is 340 g/mol. The highest BCUT2D eigenvalue weighted by Gasteiger charge is 2.23. The Balaban J connectivity index is 2.02. The van der Waals surface area contributed by atoms with Crippen LogP contribution in [0.4, 0.5) is 5.69 Å². The molecule has 2 unspecified atom stereocenters. The molecule has 0 saturated heterocycles. The standard InChI is InChI=1S/C14H17BrN2O3/c1-9-5-6-10(7-9)8-16-14(18)11-3-2-4-12(13(11)15)17(19)20/h2-4,9-10H,5-8H2,1H3,(H,16,18). The molecule has 6 heteroatoms. The van der Waals surface area contributed by atoms with E-state index in [0.717, 1.165) is 18.8 Å². The third-order valence-corrected chi connectivity index (χ3v) is 4.61. The number of amides is 1. The smallest absolute Gasteiger partial charge is 0.284 e. The number of hydrogen-bond donors (Lipinski definition) is 1. The molecular formula is C14H17BrN2O3. The van der Waals surface area contributed by atoms with Crippen LogP contribution in [-0.4, -0.2) is 17.4 Å². The Bertz CT molecular complexity index is 533. The van der Waals surface area contributed by atoms with Gasteiger partial charge in [0.2, 0.25) is 0 Å². The molecule has 0 radical (unpaired) electrons. The van der Waals surface area contributed by atoms with E-state index in [4.69, 9.17) is 0 Å². The highest BCUT2D eigenvalue weighted by Crippen LogP contribution is 2.30. The lowest BCUT2D eigenvalue weighted by molar-refractivity contribution is -0.385. The number of benzene rings is 1. The number of carbonyl (C=O) groups is 1. The number of hydrogen-bond acceptors (Lipinski definition) is 3. The van der Waals surface area contributed by atoms with Gasteiger partial charge in [-0.1, -0.05) is 19.4 Å². The maximum absolute atomic E-state index is 12.1. The number of nitrogens with zero attached hydrogens (tertiary/aromatic N) is 1. The molecular weight excluding hydrogens is 324 g/mol. The van der Waals surface area contributed by atoms with Crippen LogP contribution in [0.3, 0.4) is 0 Å². The van der Waals surface area contributed by atoms with Crippen molar-refractivity contribution in [1.29, 1.82) is 0 Å². The van der Waals surface area contributed by atoms with Gasteiger partial charge in [-0.25, -0.2) is 0 Å². The molecule has 20 heavy (non-hydrogen) atoms. The Morgan fingerprint density at radius 1 is 1.50 bits per heavy atom. The van der Waals surface area contributed by atoms with E-state index in [0.29, 0.717) is 18.0 Å².